The Morgan fingerprint density at radius 1 is 0.810 bits per heavy atom. The van der Waals surface area contributed by atoms with Crippen molar-refractivity contribution in [2.75, 3.05) is 5.32 Å². The van der Waals surface area contributed by atoms with Gasteiger partial charge in [-0.3, -0.25) is 9.59 Å². The summed E-state index contributed by atoms with van der Waals surface area (Å²) in [7, 11) is 0. The van der Waals surface area contributed by atoms with Crippen molar-refractivity contribution in [3.63, 3.8) is 0 Å². The molecule has 2 rings (SSSR count). The maximum atomic E-state index is 12.1. The first-order chi connectivity index (χ1) is 9.88. The fourth-order valence-corrected chi connectivity index (χ4v) is 1.93. The molecule has 0 saturated heterocycles. The highest BCUT2D eigenvalue weighted by molar-refractivity contribution is 6.05. The second-order valence-corrected chi connectivity index (χ2v) is 5.98. The molecule has 0 bridgehead atoms. The Morgan fingerprint density at radius 2 is 1.33 bits per heavy atom. The Kier molecular flexibility index (Phi) is 4.22. The predicted molar refractivity (Wildman–Crippen MR) is 84.6 cm³/mol. The highest BCUT2D eigenvalue weighted by Gasteiger charge is 2.22. The summed E-state index contributed by atoms with van der Waals surface area (Å²) in [5.74, 6) is -0.117. The van der Waals surface area contributed by atoms with Crippen molar-refractivity contribution in [3.05, 3.63) is 65.7 Å². The van der Waals surface area contributed by atoms with Gasteiger partial charge in [-0.1, -0.05) is 51.1 Å². The van der Waals surface area contributed by atoms with E-state index in [9.17, 15) is 9.59 Å². The normalized spacial score (nSPS) is 11.0. The first-order valence-corrected chi connectivity index (χ1v) is 6.89. The molecule has 2 aromatic rings. The Hall–Kier alpha value is -2.42. The molecular weight excluding hydrogens is 262 g/mol. The van der Waals surface area contributed by atoms with Crippen LogP contribution in [0.3, 0.4) is 0 Å². The van der Waals surface area contributed by atoms with Gasteiger partial charge in [0.25, 0.3) is 5.91 Å². The average molecular weight is 281 g/mol. The lowest BCUT2D eigenvalue weighted by molar-refractivity contribution is 0.0857. The number of Topliss-reactive ketones (excluding diaryl/α,β-unsaturated/α-hetero) is 1. The molecule has 0 aliphatic rings. The van der Waals surface area contributed by atoms with E-state index in [2.05, 4.69) is 5.32 Å². The molecule has 0 spiro atoms. The van der Waals surface area contributed by atoms with Crippen LogP contribution < -0.4 is 5.32 Å². The van der Waals surface area contributed by atoms with Crippen molar-refractivity contribution in [3.8, 4) is 0 Å². The molecule has 3 heteroatoms. The van der Waals surface area contributed by atoms with Gasteiger partial charge in [0.2, 0.25) is 0 Å². The molecule has 0 unspecified atom stereocenters. The molecule has 1 N–H and O–H groups in total. The number of anilines is 1. The molecular formula is C18H19NO2. The molecule has 21 heavy (non-hydrogen) atoms. The molecule has 0 saturated carbocycles. The highest BCUT2D eigenvalue weighted by atomic mass is 16.1. The van der Waals surface area contributed by atoms with Crippen LogP contribution in [0.1, 0.15) is 41.5 Å². The third-order valence-corrected chi connectivity index (χ3v) is 3.12. The van der Waals surface area contributed by atoms with Gasteiger partial charge in [-0.25, -0.2) is 0 Å². The number of benzene rings is 2. The van der Waals surface area contributed by atoms with E-state index in [4.69, 9.17) is 0 Å². The Morgan fingerprint density at radius 3 is 1.86 bits per heavy atom. The number of carbonyl (C=O) groups is 2. The van der Waals surface area contributed by atoms with Crippen molar-refractivity contribution < 1.29 is 9.59 Å². The first-order valence-electron chi connectivity index (χ1n) is 6.89. The molecule has 0 heterocycles. The van der Waals surface area contributed by atoms with Crippen LogP contribution in [0, 0.1) is 5.41 Å². The van der Waals surface area contributed by atoms with Crippen LogP contribution in [-0.2, 0) is 0 Å². The van der Waals surface area contributed by atoms with Crippen LogP contribution in [0.5, 0.6) is 0 Å². The van der Waals surface area contributed by atoms with Gasteiger partial charge in [0, 0.05) is 22.2 Å². The molecule has 0 aromatic heterocycles. The van der Waals surface area contributed by atoms with Gasteiger partial charge in [0.15, 0.2) is 5.78 Å². The van der Waals surface area contributed by atoms with Gasteiger partial charge in [0.05, 0.1) is 0 Å². The third-order valence-electron chi connectivity index (χ3n) is 3.12. The highest BCUT2D eigenvalue weighted by Crippen LogP contribution is 2.21. The summed E-state index contributed by atoms with van der Waals surface area (Å²) in [6.45, 7) is 5.64. The Labute approximate surface area is 125 Å². The molecule has 0 aliphatic carbocycles. The maximum Gasteiger partial charge on any atom is 0.255 e. The van der Waals surface area contributed by atoms with Crippen LogP contribution in [0.2, 0.25) is 0 Å². The SMILES string of the molecule is CC(C)(C)C(=O)c1ccc(C(=O)Nc2ccccc2)cc1. The molecule has 108 valence electrons. The fourth-order valence-electron chi connectivity index (χ4n) is 1.93. The molecule has 0 fully saturated rings. The predicted octanol–water partition coefficient (Wildman–Crippen LogP) is 4.17. The van der Waals surface area contributed by atoms with Crippen LogP contribution >= 0.6 is 0 Å². The number of carbonyl (C=O) groups excluding carboxylic acids is 2. The summed E-state index contributed by atoms with van der Waals surface area (Å²) in [4.78, 5) is 24.2. The zero-order chi connectivity index (χ0) is 15.5. The second-order valence-electron chi connectivity index (χ2n) is 5.98. The molecule has 1 amide bonds. The number of amides is 1. The quantitative estimate of drug-likeness (QED) is 0.858. The minimum atomic E-state index is -0.423. The van der Waals surface area contributed by atoms with Crippen molar-refractivity contribution in [1.29, 1.82) is 0 Å². The second kappa shape index (κ2) is 5.92. The summed E-state index contributed by atoms with van der Waals surface area (Å²) < 4.78 is 0. The van der Waals surface area contributed by atoms with Gasteiger partial charge in [-0.2, -0.15) is 0 Å². The minimum absolute atomic E-state index is 0.0671. The van der Waals surface area contributed by atoms with Gasteiger partial charge in [-0.15, -0.1) is 0 Å². The summed E-state index contributed by atoms with van der Waals surface area (Å²) in [5.41, 5.74) is 1.48. The van der Waals surface area contributed by atoms with Gasteiger partial charge < -0.3 is 5.32 Å². The minimum Gasteiger partial charge on any atom is -0.322 e. The van der Waals surface area contributed by atoms with Gasteiger partial charge in [-0.05, 0) is 24.3 Å². The molecule has 0 radical (unpaired) electrons. The van der Waals surface area contributed by atoms with E-state index < -0.39 is 5.41 Å². The molecule has 3 nitrogen and oxygen atoms in total. The van der Waals surface area contributed by atoms with Crippen molar-refractivity contribution in [1.82, 2.24) is 0 Å². The zero-order valence-corrected chi connectivity index (χ0v) is 12.5. The lowest BCUT2D eigenvalue weighted by Gasteiger charge is -2.16. The largest absolute Gasteiger partial charge is 0.322 e. The number of hydrogen-bond donors (Lipinski definition) is 1. The van der Waals surface area contributed by atoms with Crippen molar-refractivity contribution >= 4 is 17.4 Å². The van der Waals surface area contributed by atoms with Crippen molar-refractivity contribution in [2.24, 2.45) is 5.41 Å². The lowest BCUT2D eigenvalue weighted by Crippen LogP contribution is -2.20. The smallest absolute Gasteiger partial charge is 0.255 e. The van der Waals surface area contributed by atoms with Crippen LogP contribution in [0.25, 0.3) is 0 Å². The van der Waals surface area contributed by atoms with E-state index in [1.165, 1.54) is 0 Å². The summed E-state index contributed by atoms with van der Waals surface area (Å²) in [5, 5.41) is 2.81. The fraction of sp³-hybridized carbons (Fsp3) is 0.222. The zero-order valence-electron chi connectivity index (χ0n) is 12.5. The molecule has 0 aliphatic heterocycles. The standard InChI is InChI=1S/C18H19NO2/c1-18(2,3)16(20)13-9-11-14(12-10-13)17(21)19-15-7-5-4-6-8-15/h4-12H,1-3H3,(H,19,21). The third kappa shape index (κ3) is 3.78. The van der Waals surface area contributed by atoms with E-state index >= 15 is 0 Å². The monoisotopic (exact) mass is 281 g/mol. The van der Waals surface area contributed by atoms with E-state index in [-0.39, 0.29) is 11.7 Å². The number of hydrogen-bond acceptors (Lipinski definition) is 2. The summed E-state index contributed by atoms with van der Waals surface area (Å²) in [6, 6.07) is 16.0. The van der Waals surface area contributed by atoms with E-state index in [1.807, 2.05) is 51.1 Å². The van der Waals surface area contributed by atoms with Crippen molar-refractivity contribution in [2.45, 2.75) is 20.8 Å². The van der Waals surface area contributed by atoms with Crippen LogP contribution in [0.15, 0.2) is 54.6 Å². The average Bonchev–Trinajstić information content (AvgIpc) is 2.46. The van der Waals surface area contributed by atoms with E-state index in [1.54, 1.807) is 24.3 Å². The lowest BCUT2D eigenvalue weighted by atomic mass is 9.86. The number of rotatable bonds is 3. The Bertz CT molecular complexity index is 637. The topological polar surface area (TPSA) is 46.2 Å². The summed E-state index contributed by atoms with van der Waals surface area (Å²) >= 11 is 0. The van der Waals surface area contributed by atoms with Gasteiger partial charge in [0.1, 0.15) is 0 Å². The summed E-state index contributed by atoms with van der Waals surface area (Å²) in [6.07, 6.45) is 0. The van der Waals surface area contributed by atoms with Crippen LogP contribution in [0.4, 0.5) is 5.69 Å². The number of para-hydroxylation sites is 1. The maximum absolute atomic E-state index is 12.1. The number of nitrogens with one attached hydrogen (secondary N) is 1. The van der Waals surface area contributed by atoms with Crippen LogP contribution in [-0.4, -0.2) is 11.7 Å². The first kappa shape index (κ1) is 15.0. The van der Waals surface area contributed by atoms with E-state index in [0.29, 0.717) is 11.1 Å². The van der Waals surface area contributed by atoms with Gasteiger partial charge >= 0.3 is 0 Å². The van der Waals surface area contributed by atoms with E-state index in [0.717, 1.165) is 5.69 Å². The molecule has 0 atom stereocenters. The Balaban J connectivity index is 2.12. The number of ketones is 1. The molecule has 2 aromatic carbocycles.